The Balaban J connectivity index is 1.05. The van der Waals surface area contributed by atoms with Gasteiger partial charge in [0.1, 0.15) is 17.1 Å². The van der Waals surface area contributed by atoms with Crippen molar-refractivity contribution in [3.63, 3.8) is 0 Å². The molecule has 0 aliphatic carbocycles. The van der Waals surface area contributed by atoms with Crippen LogP contribution in [0.15, 0.2) is 152 Å². The van der Waals surface area contributed by atoms with Gasteiger partial charge in [-0.25, -0.2) is 4.98 Å². The van der Waals surface area contributed by atoms with Gasteiger partial charge in [0.05, 0.1) is 11.0 Å². The Labute approximate surface area is 302 Å². The first-order chi connectivity index (χ1) is 26.2. The van der Waals surface area contributed by atoms with Crippen LogP contribution in [0.4, 0.5) is 17.1 Å². The molecule has 3 aliphatic rings. The van der Waals surface area contributed by atoms with Crippen molar-refractivity contribution in [3.8, 4) is 74.3 Å². The summed E-state index contributed by atoms with van der Waals surface area (Å²) in [5.41, 5.74) is 8.48. The predicted octanol–water partition coefficient (Wildman–Crippen LogP) is 11.8. The highest BCUT2D eigenvalue weighted by molar-refractivity contribution is 6.10. The summed E-state index contributed by atoms with van der Waals surface area (Å²) in [7, 11) is 0. The Morgan fingerprint density at radius 2 is 0.868 bits per heavy atom. The zero-order chi connectivity index (χ0) is 34.6. The number of hydrogen-bond acceptors (Lipinski definition) is 7. The van der Waals surface area contributed by atoms with Crippen LogP contribution in [0.2, 0.25) is 0 Å². The van der Waals surface area contributed by atoms with Crippen molar-refractivity contribution in [2.75, 3.05) is 4.90 Å². The third kappa shape index (κ3) is 4.08. The summed E-state index contributed by atoms with van der Waals surface area (Å²) < 4.78 is 21.6. The lowest BCUT2D eigenvalue weighted by Crippen LogP contribution is -2.23. The molecule has 0 spiro atoms. The van der Waals surface area contributed by atoms with Crippen LogP contribution in [0.3, 0.4) is 0 Å². The van der Waals surface area contributed by atoms with E-state index < -0.39 is 0 Å². The number of rotatable bonds is 4. The van der Waals surface area contributed by atoms with Gasteiger partial charge >= 0.3 is 0 Å². The van der Waals surface area contributed by atoms with Gasteiger partial charge in [-0.1, -0.05) is 97.1 Å². The maximum atomic E-state index is 6.60. The molecule has 7 aromatic carbocycles. The van der Waals surface area contributed by atoms with Crippen LogP contribution < -0.4 is 19.1 Å². The van der Waals surface area contributed by atoms with E-state index in [1.54, 1.807) is 0 Å². The van der Waals surface area contributed by atoms with Gasteiger partial charge in [-0.3, -0.25) is 9.47 Å². The highest BCUT2D eigenvalue weighted by Gasteiger charge is 2.41. The Bertz CT molecular complexity index is 2860. The molecule has 12 rings (SSSR count). The number of benzene rings is 7. The lowest BCUT2D eigenvalue weighted by molar-refractivity contribution is 0.418. The van der Waals surface area contributed by atoms with Gasteiger partial charge in [-0.15, -0.1) is 0 Å². The Morgan fingerprint density at radius 3 is 1.47 bits per heavy atom. The molecule has 0 saturated carbocycles. The number of aromatic nitrogens is 4. The lowest BCUT2D eigenvalue weighted by atomic mass is 9.98. The molecule has 2 aromatic heterocycles. The van der Waals surface area contributed by atoms with Gasteiger partial charge in [0, 0.05) is 21.9 Å². The summed E-state index contributed by atoms with van der Waals surface area (Å²) >= 11 is 0. The lowest BCUT2D eigenvalue weighted by Gasteiger charge is -2.41. The van der Waals surface area contributed by atoms with Gasteiger partial charge < -0.3 is 14.2 Å². The quantitative estimate of drug-likeness (QED) is 0.183. The molecular formula is C45H25N5O3. The number of anilines is 3. The normalized spacial score (nSPS) is 12.9. The summed E-state index contributed by atoms with van der Waals surface area (Å²) in [6, 6.07) is 51.1. The first-order valence-electron chi connectivity index (χ1n) is 17.4. The first-order valence-corrected chi connectivity index (χ1v) is 17.4. The number of fused-ring (bicyclic) bond motifs is 3. The average Bonchev–Trinajstić information content (AvgIpc) is 3.55. The van der Waals surface area contributed by atoms with E-state index in [4.69, 9.17) is 29.2 Å². The standard InChI is InChI=1S/C45H25N5O3/c1-3-11-26(12-4-1)43-46-44(27-13-5-2-6-14-27)48-45(47-43)49-32-16-8-7-15-30(32)31-23-28(21-22-33(31)49)29-24-38-42-39(25-29)53-37-20-10-18-35-41(37)50(42)40-34(51-35)17-9-19-36(40)52-38/h1-25H. The van der Waals surface area contributed by atoms with E-state index in [2.05, 4.69) is 64.1 Å². The molecule has 53 heavy (non-hydrogen) atoms. The molecular weight excluding hydrogens is 659 g/mol. The van der Waals surface area contributed by atoms with E-state index in [9.17, 15) is 0 Å². The van der Waals surface area contributed by atoms with Crippen LogP contribution >= 0.6 is 0 Å². The smallest absolute Gasteiger partial charge is 0.238 e. The highest BCUT2D eigenvalue weighted by Crippen LogP contribution is 2.66. The second-order valence-corrected chi connectivity index (χ2v) is 13.3. The van der Waals surface area contributed by atoms with E-state index >= 15 is 0 Å². The summed E-state index contributed by atoms with van der Waals surface area (Å²) in [4.78, 5) is 17.3. The van der Waals surface area contributed by atoms with Crippen molar-refractivity contribution < 1.29 is 14.2 Å². The van der Waals surface area contributed by atoms with Crippen molar-refractivity contribution in [2.24, 2.45) is 0 Å². The summed E-state index contributed by atoms with van der Waals surface area (Å²) in [6.07, 6.45) is 0. The third-order valence-electron chi connectivity index (χ3n) is 10.2. The molecule has 8 heteroatoms. The van der Waals surface area contributed by atoms with Gasteiger partial charge in [-0.2, -0.15) is 9.97 Å². The van der Waals surface area contributed by atoms with E-state index in [1.807, 2.05) is 97.1 Å². The van der Waals surface area contributed by atoms with Crippen molar-refractivity contribution >= 4 is 38.9 Å². The van der Waals surface area contributed by atoms with Crippen molar-refractivity contribution in [3.05, 3.63) is 152 Å². The number of para-hydroxylation sites is 3. The van der Waals surface area contributed by atoms with E-state index in [-0.39, 0.29) is 0 Å². The van der Waals surface area contributed by atoms with E-state index in [0.717, 1.165) is 95.6 Å². The Hall–Kier alpha value is -7.45. The largest absolute Gasteiger partial charge is 0.453 e. The fourth-order valence-corrected chi connectivity index (χ4v) is 7.86. The minimum Gasteiger partial charge on any atom is -0.453 e. The SMILES string of the molecule is c1ccc(-c2nc(-c3ccccc3)nc(-n3c4ccccc4c4cc(-c5cc6c7c(c5)Oc5cccc8c5N7c5c(cccc5O6)O8)ccc43)n2)cc1. The molecule has 0 atom stereocenters. The molecule has 5 heterocycles. The molecule has 3 aliphatic heterocycles. The molecule has 0 N–H and O–H groups in total. The number of hydrogen-bond donors (Lipinski definition) is 0. The third-order valence-corrected chi connectivity index (χ3v) is 10.2. The van der Waals surface area contributed by atoms with Crippen LogP contribution in [-0.2, 0) is 0 Å². The molecule has 9 aromatic rings. The zero-order valence-corrected chi connectivity index (χ0v) is 27.9. The summed E-state index contributed by atoms with van der Waals surface area (Å²) in [6.45, 7) is 0. The highest BCUT2D eigenvalue weighted by atomic mass is 16.5. The van der Waals surface area contributed by atoms with Gasteiger partial charge in [0.25, 0.3) is 0 Å². The summed E-state index contributed by atoms with van der Waals surface area (Å²) in [5.74, 6) is 6.20. The fourth-order valence-electron chi connectivity index (χ4n) is 7.86. The molecule has 248 valence electrons. The fraction of sp³-hybridized carbons (Fsp3) is 0. The zero-order valence-electron chi connectivity index (χ0n) is 27.9. The monoisotopic (exact) mass is 683 g/mol. The number of nitrogens with zero attached hydrogens (tertiary/aromatic N) is 5. The van der Waals surface area contributed by atoms with Crippen LogP contribution in [-0.4, -0.2) is 19.5 Å². The minimum absolute atomic E-state index is 0.554. The summed E-state index contributed by atoms with van der Waals surface area (Å²) in [5, 5.41) is 2.17. The van der Waals surface area contributed by atoms with Crippen LogP contribution in [0.1, 0.15) is 0 Å². The molecule has 0 radical (unpaired) electrons. The van der Waals surface area contributed by atoms with E-state index in [0.29, 0.717) is 17.6 Å². The second kappa shape index (κ2) is 10.5. The van der Waals surface area contributed by atoms with E-state index in [1.165, 1.54) is 0 Å². The molecule has 8 nitrogen and oxygen atoms in total. The Kier molecular flexibility index (Phi) is 5.62. The second-order valence-electron chi connectivity index (χ2n) is 13.3. The van der Waals surface area contributed by atoms with Crippen molar-refractivity contribution in [2.45, 2.75) is 0 Å². The van der Waals surface area contributed by atoms with Crippen LogP contribution in [0.25, 0.3) is 61.7 Å². The Morgan fingerprint density at radius 1 is 0.358 bits per heavy atom. The van der Waals surface area contributed by atoms with Crippen LogP contribution in [0.5, 0.6) is 34.5 Å². The van der Waals surface area contributed by atoms with Crippen LogP contribution in [0, 0.1) is 0 Å². The number of ether oxygens (including phenoxy) is 3. The molecule has 0 amide bonds. The van der Waals surface area contributed by atoms with Crippen molar-refractivity contribution in [1.29, 1.82) is 0 Å². The van der Waals surface area contributed by atoms with Gasteiger partial charge in [0.15, 0.2) is 46.1 Å². The molecule has 0 fully saturated rings. The maximum absolute atomic E-state index is 6.60. The van der Waals surface area contributed by atoms with Gasteiger partial charge in [-0.05, 0) is 65.7 Å². The minimum atomic E-state index is 0.554. The predicted molar refractivity (Wildman–Crippen MR) is 205 cm³/mol. The topological polar surface area (TPSA) is 74.5 Å². The molecule has 0 bridgehead atoms. The van der Waals surface area contributed by atoms with Crippen molar-refractivity contribution in [1.82, 2.24) is 19.5 Å². The molecule has 0 saturated heterocycles. The molecule has 0 unspecified atom stereocenters. The van der Waals surface area contributed by atoms with Gasteiger partial charge in [0.2, 0.25) is 5.95 Å². The maximum Gasteiger partial charge on any atom is 0.238 e. The average molecular weight is 684 g/mol. The first kappa shape index (κ1) is 28.3.